The largest absolute Gasteiger partial charge is 0.293 e. The molecule has 2 aromatic rings. The lowest BCUT2D eigenvalue weighted by molar-refractivity contribution is -0.135. The van der Waals surface area contributed by atoms with Crippen molar-refractivity contribution in [3.63, 3.8) is 0 Å². The molecule has 0 unspecified atom stereocenters. The Balaban J connectivity index is 1.59. The molecule has 140 valence electrons. The summed E-state index contributed by atoms with van der Waals surface area (Å²) in [5.41, 5.74) is -0.688. The maximum absolute atomic E-state index is 14.6. The molecule has 1 spiro atoms. The summed E-state index contributed by atoms with van der Waals surface area (Å²) < 4.78 is 14.8. The van der Waals surface area contributed by atoms with E-state index in [-0.39, 0.29) is 27.1 Å². The first-order valence-electron chi connectivity index (χ1n) is 8.24. The lowest BCUT2D eigenvalue weighted by atomic mass is 9.85. The Morgan fingerprint density at radius 3 is 2.61 bits per heavy atom. The molecule has 1 aliphatic carbocycles. The number of halogens is 2. The Morgan fingerprint density at radius 1 is 1.32 bits per heavy atom. The summed E-state index contributed by atoms with van der Waals surface area (Å²) in [4.78, 5) is 46.4. The third-order valence-electron chi connectivity index (χ3n) is 4.79. The van der Waals surface area contributed by atoms with Gasteiger partial charge in [-0.2, -0.15) is 5.26 Å². The zero-order valence-corrected chi connectivity index (χ0v) is 15.8. The van der Waals surface area contributed by atoms with E-state index in [4.69, 9.17) is 5.26 Å². The number of nitriles is 1. The van der Waals surface area contributed by atoms with E-state index in [9.17, 15) is 18.8 Å². The van der Waals surface area contributed by atoms with Gasteiger partial charge in [-0.3, -0.25) is 24.6 Å². The highest BCUT2D eigenvalue weighted by Gasteiger charge is 2.60. The molecular formula is C18H11BrFN5O3. The minimum absolute atomic E-state index is 0.0579. The van der Waals surface area contributed by atoms with Crippen molar-refractivity contribution in [3.05, 3.63) is 51.5 Å². The Kier molecular flexibility index (Phi) is 4.19. The van der Waals surface area contributed by atoms with Crippen LogP contribution in [0.2, 0.25) is 0 Å². The average Bonchev–Trinajstić information content (AvgIpc) is 3.48. The summed E-state index contributed by atoms with van der Waals surface area (Å²) in [5.74, 6) is -2.66. The van der Waals surface area contributed by atoms with Crippen molar-refractivity contribution in [1.82, 2.24) is 14.9 Å². The third-order valence-corrected chi connectivity index (χ3v) is 5.40. The van der Waals surface area contributed by atoms with Gasteiger partial charge in [0, 0.05) is 11.1 Å². The normalized spacial score (nSPS) is 16.5. The highest BCUT2D eigenvalue weighted by atomic mass is 79.9. The zero-order chi connectivity index (χ0) is 20.1. The van der Waals surface area contributed by atoms with Crippen LogP contribution < -0.4 is 5.32 Å². The second-order valence-electron chi connectivity index (χ2n) is 6.52. The topological polar surface area (TPSA) is 116 Å². The minimum Gasteiger partial charge on any atom is -0.293 e. The Labute approximate surface area is 166 Å². The number of hydrogen-bond acceptors (Lipinski definition) is 6. The lowest BCUT2D eigenvalue weighted by Crippen LogP contribution is -2.51. The fraction of sp³-hybridized carbons (Fsp3) is 0.222. The highest BCUT2D eigenvalue weighted by Crippen LogP contribution is 2.54. The van der Waals surface area contributed by atoms with E-state index in [0.717, 1.165) is 4.90 Å². The number of carbonyl (C=O) groups excluding carboxylic acids is 3. The number of fused-ring (bicyclic) bond motifs is 2. The van der Waals surface area contributed by atoms with E-state index in [1.165, 1.54) is 24.5 Å². The second kappa shape index (κ2) is 6.45. The van der Waals surface area contributed by atoms with Crippen LogP contribution in [0.25, 0.3) is 0 Å². The van der Waals surface area contributed by atoms with Gasteiger partial charge < -0.3 is 0 Å². The predicted octanol–water partition coefficient (Wildman–Crippen LogP) is 1.90. The van der Waals surface area contributed by atoms with E-state index in [0.29, 0.717) is 12.8 Å². The molecule has 0 saturated heterocycles. The van der Waals surface area contributed by atoms with E-state index in [2.05, 4.69) is 31.2 Å². The van der Waals surface area contributed by atoms with Gasteiger partial charge in [-0.1, -0.05) is 0 Å². The molecule has 1 aromatic carbocycles. The standard InChI is InChI=1S/C18H11BrFN5O3/c19-11-2-1-10-13(14(11)20)18(3-4-18)16(28)25(15(10)27)8-12(26)24-17-22-6-9(5-21)7-23-17/h1-2,6-7H,3-4,8H2,(H,22,23,24,26). The summed E-state index contributed by atoms with van der Waals surface area (Å²) >= 11 is 3.09. The molecule has 4 rings (SSSR count). The Bertz CT molecular complexity index is 1080. The molecule has 0 radical (unpaired) electrons. The third kappa shape index (κ3) is 2.75. The highest BCUT2D eigenvalue weighted by molar-refractivity contribution is 9.10. The van der Waals surface area contributed by atoms with Gasteiger partial charge in [-0.25, -0.2) is 14.4 Å². The Hall–Kier alpha value is -3.19. The number of imide groups is 1. The van der Waals surface area contributed by atoms with Gasteiger partial charge in [-0.05, 0) is 40.9 Å². The minimum atomic E-state index is -1.09. The number of nitrogens with one attached hydrogen (secondary N) is 1. The first-order valence-corrected chi connectivity index (χ1v) is 9.03. The fourth-order valence-electron chi connectivity index (χ4n) is 3.29. The van der Waals surface area contributed by atoms with Gasteiger partial charge in [-0.15, -0.1) is 0 Å². The summed E-state index contributed by atoms with van der Waals surface area (Å²) in [6, 6.07) is 4.70. The maximum Gasteiger partial charge on any atom is 0.261 e. The van der Waals surface area contributed by atoms with Crippen LogP contribution in [0.3, 0.4) is 0 Å². The van der Waals surface area contributed by atoms with Crippen LogP contribution in [0.4, 0.5) is 10.3 Å². The molecule has 8 nitrogen and oxygen atoms in total. The van der Waals surface area contributed by atoms with Crippen molar-refractivity contribution in [2.75, 3.05) is 11.9 Å². The van der Waals surface area contributed by atoms with Crippen LogP contribution in [-0.2, 0) is 15.0 Å². The molecule has 28 heavy (non-hydrogen) atoms. The summed E-state index contributed by atoms with van der Waals surface area (Å²) in [5, 5.41) is 11.1. The smallest absolute Gasteiger partial charge is 0.261 e. The van der Waals surface area contributed by atoms with Gasteiger partial charge in [0.15, 0.2) is 0 Å². The van der Waals surface area contributed by atoms with Crippen molar-refractivity contribution in [2.45, 2.75) is 18.3 Å². The van der Waals surface area contributed by atoms with E-state index < -0.39 is 35.5 Å². The van der Waals surface area contributed by atoms with Crippen LogP contribution in [-0.4, -0.2) is 39.1 Å². The molecule has 0 atom stereocenters. The number of rotatable bonds is 3. The van der Waals surface area contributed by atoms with E-state index in [1.807, 2.05) is 6.07 Å². The first kappa shape index (κ1) is 18.2. The van der Waals surface area contributed by atoms with Crippen molar-refractivity contribution in [1.29, 1.82) is 5.26 Å². The molecular weight excluding hydrogens is 433 g/mol. The molecule has 1 N–H and O–H groups in total. The van der Waals surface area contributed by atoms with Crippen molar-refractivity contribution < 1.29 is 18.8 Å². The maximum atomic E-state index is 14.6. The molecule has 1 aromatic heterocycles. The van der Waals surface area contributed by atoms with Crippen molar-refractivity contribution in [2.24, 2.45) is 0 Å². The molecule has 1 fully saturated rings. The monoisotopic (exact) mass is 443 g/mol. The number of aromatic nitrogens is 2. The van der Waals surface area contributed by atoms with Crippen LogP contribution in [0.1, 0.15) is 34.3 Å². The number of anilines is 1. The first-order chi connectivity index (χ1) is 13.4. The van der Waals surface area contributed by atoms with Gasteiger partial charge in [0.05, 0.1) is 27.8 Å². The van der Waals surface area contributed by atoms with Crippen LogP contribution in [0.15, 0.2) is 29.0 Å². The SMILES string of the molecule is N#Cc1cnc(NC(=O)CN2C(=O)c3ccc(Br)c(F)c3C3(CC3)C2=O)nc1. The summed E-state index contributed by atoms with van der Waals surface area (Å²) in [7, 11) is 0. The van der Waals surface area contributed by atoms with Gasteiger partial charge in [0.2, 0.25) is 17.8 Å². The molecule has 2 heterocycles. The number of benzene rings is 1. The molecule has 1 aliphatic heterocycles. The number of amides is 3. The second-order valence-corrected chi connectivity index (χ2v) is 7.37. The van der Waals surface area contributed by atoms with Gasteiger partial charge >= 0.3 is 0 Å². The van der Waals surface area contributed by atoms with Crippen LogP contribution in [0, 0.1) is 17.1 Å². The molecule has 1 saturated carbocycles. The van der Waals surface area contributed by atoms with Crippen molar-refractivity contribution >= 4 is 39.6 Å². The average molecular weight is 444 g/mol. The number of nitrogens with zero attached hydrogens (tertiary/aromatic N) is 4. The van der Waals surface area contributed by atoms with E-state index >= 15 is 0 Å². The van der Waals surface area contributed by atoms with Gasteiger partial charge in [0.1, 0.15) is 18.4 Å². The fourth-order valence-corrected chi connectivity index (χ4v) is 3.62. The number of carbonyl (C=O) groups is 3. The van der Waals surface area contributed by atoms with Crippen molar-refractivity contribution in [3.8, 4) is 6.07 Å². The van der Waals surface area contributed by atoms with Gasteiger partial charge in [0.25, 0.3) is 5.91 Å². The van der Waals surface area contributed by atoms with E-state index in [1.54, 1.807) is 0 Å². The zero-order valence-electron chi connectivity index (χ0n) is 14.2. The number of hydrogen-bond donors (Lipinski definition) is 1. The lowest BCUT2D eigenvalue weighted by Gasteiger charge is -2.32. The van der Waals surface area contributed by atoms with Crippen LogP contribution in [0.5, 0.6) is 0 Å². The Morgan fingerprint density at radius 2 is 2.00 bits per heavy atom. The van der Waals surface area contributed by atoms with Crippen LogP contribution >= 0.6 is 15.9 Å². The predicted molar refractivity (Wildman–Crippen MR) is 96.4 cm³/mol. The molecule has 10 heteroatoms. The molecule has 3 amide bonds. The quantitative estimate of drug-likeness (QED) is 0.724. The molecule has 2 aliphatic rings. The summed E-state index contributed by atoms with van der Waals surface area (Å²) in [6.07, 6.45) is 3.29. The summed E-state index contributed by atoms with van der Waals surface area (Å²) in [6.45, 7) is -0.542. The molecule has 0 bridgehead atoms.